The summed E-state index contributed by atoms with van der Waals surface area (Å²) < 4.78 is 20.6. The van der Waals surface area contributed by atoms with Crippen LogP contribution in [0.25, 0.3) is 11.4 Å². The van der Waals surface area contributed by atoms with E-state index in [2.05, 4.69) is 20.6 Å². The molecule has 4 N–H and O–H groups in total. The first-order chi connectivity index (χ1) is 18.8. The van der Waals surface area contributed by atoms with Gasteiger partial charge in [-0.1, -0.05) is 12.1 Å². The lowest BCUT2D eigenvalue weighted by atomic mass is 10.1. The molecule has 4 aromatic rings. The smallest absolute Gasteiger partial charge is 0.323 e. The molecule has 1 saturated heterocycles. The maximum atomic E-state index is 14.7. The van der Waals surface area contributed by atoms with Crippen LogP contribution in [-0.4, -0.2) is 51.1 Å². The van der Waals surface area contributed by atoms with Gasteiger partial charge in [0.15, 0.2) is 0 Å². The summed E-state index contributed by atoms with van der Waals surface area (Å²) in [7, 11) is 0. The Morgan fingerprint density at radius 1 is 1.10 bits per heavy atom. The molecule has 3 heterocycles. The van der Waals surface area contributed by atoms with Crippen LogP contribution >= 0.6 is 0 Å². The summed E-state index contributed by atoms with van der Waals surface area (Å²) in [6, 6.07) is 15.9. The summed E-state index contributed by atoms with van der Waals surface area (Å²) in [5, 5.41) is 15.0. The van der Waals surface area contributed by atoms with Gasteiger partial charge in [0.25, 0.3) is 5.91 Å². The number of hydrogen-bond donors (Lipinski definition) is 4. The quantitative estimate of drug-likeness (QED) is 0.261. The standard InChI is InChI=1S/C29H28FN5O4/c1-18-4-2-5-20(12-18)33-29(38)34-25-8-7-22(14-24(25)30)39-23-9-10-31-27(15-23)26-13-19(16-32-26)28(37)35-11-3-6-21(36)17-35/h2,4-5,7-10,12-16,21,32,36H,3,6,11,17H2,1H3,(H2,33,34,38). The zero-order chi connectivity index (χ0) is 27.4. The average Bonchev–Trinajstić information content (AvgIpc) is 3.41. The van der Waals surface area contributed by atoms with Gasteiger partial charge in [-0.2, -0.15) is 0 Å². The van der Waals surface area contributed by atoms with Crippen molar-refractivity contribution in [1.82, 2.24) is 14.9 Å². The molecule has 1 unspecified atom stereocenters. The first kappa shape index (κ1) is 25.9. The molecule has 0 radical (unpaired) electrons. The number of H-pyrrole nitrogens is 1. The second-order valence-electron chi connectivity index (χ2n) is 9.42. The summed E-state index contributed by atoms with van der Waals surface area (Å²) in [6.45, 7) is 2.84. The third kappa shape index (κ3) is 6.42. The molecular weight excluding hydrogens is 501 g/mol. The molecule has 1 atom stereocenters. The fourth-order valence-electron chi connectivity index (χ4n) is 4.41. The van der Waals surface area contributed by atoms with Gasteiger partial charge in [0.2, 0.25) is 0 Å². The van der Waals surface area contributed by atoms with E-state index < -0.39 is 18.0 Å². The number of aliphatic hydroxyl groups is 1. The fraction of sp³-hybridized carbons (Fsp3) is 0.207. The van der Waals surface area contributed by atoms with E-state index in [1.54, 1.807) is 47.6 Å². The molecule has 1 aliphatic heterocycles. The van der Waals surface area contributed by atoms with Crippen LogP contribution in [-0.2, 0) is 0 Å². The molecule has 2 aromatic heterocycles. The van der Waals surface area contributed by atoms with E-state index in [1.807, 2.05) is 25.1 Å². The van der Waals surface area contributed by atoms with E-state index in [0.29, 0.717) is 47.9 Å². The fourth-order valence-corrected chi connectivity index (χ4v) is 4.41. The molecule has 10 heteroatoms. The van der Waals surface area contributed by atoms with E-state index in [9.17, 15) is 19.1 Å². The molecule has 1 aliphatic rings. The highest BCUT2D eigenvalue weighted by molar-refractivity contribution is 6.00. The molecule has 9 nitrogen and oxygen atoms in total. The normalized spacial score (nSPS) is 15.1. The Labute approximate surface area is 224 Å². The predicted octanol–water partition coefficient (Wildman–Crippen LogP) is 5.56. The van der Waals surface area contributed by atoms with Crippen molar-refractivity contribution in [3.8, 4) is 22.9 Å². The number of aryl methyl sites for hydroxylation is 1. The highest BCUT2D eigenvalue weighted by Crippen LogP contribution is 2.28. The molecule has 39 heavy (non-hydrogen) atoms. The number of nitrogens with zero attached hydrogens (tertiary/aromatic N) is 2. The number of hydrogen-bond acceptors (Lipinski definition) is 5. The number of amides is 3. The van der Waals surface area contributed by atoms with E-state index in [4.69, 9.17) is 4.74 Å². The third-order valence-corrected chi connectivity index (χ3v) is 6.32. The predicted molar refractivity (Wildman–Crippen MR) is 145 cm³/mol. The van der Waals surface area contributed by atoms with Crippen LogP contribution in [0.1, 0.15) is 28.8 Å². The number of anilines is 2. The Morgan fingerprint density at radius 3 is 2.74 bits per heavy atom. The maximum absolute atomic E-state index is 14.7. The van der Waals surface area contributed by atoms with Crippen molar-refractivity contribution in [2.24, 2.45) is 0 Å². The van der Waals surface area contributed by atoms with E-state index in [-0.39, 0.29) is 17.3 Å². The zero-order valence-corrected chi connectivity index (χ0v) is 21.3. The number of rotatable bonds is 6. The molecule has 5 rings (SSSR count). The summed E-state index contributed by atoms with van der Waals surface area (Å²) in [4.78, 5) is 34.1. The second-order valence-corrected chi connectivity index (χ2v) is 9.42. The number of urea groups is 1. The highest BCUT2D eigenvalue weighted by Gasteiger charge is 2.24. The Hall–Kier alpha value is -4.70. The van der Waals surface area contributed by atoms with Crippen molar-refractivity contribution in [2.45, 2.75) is 25.9 Å². The topological polar surface area (TPSA) is 120 Å². The zero-order valence-electron chi connectivity index (χ0n) is 21.3. The maximum Gasteiger partial charge on any atom is 0.323 e. The van der Waals surface area contributed by atoms with Gasteiger partial charge in [0.1, 0.15) is 17.3 Å². The molecular formula is C29H28FN5O4. The number of nitrogens with one attached hydrogen (secondary N) is 3. The van der Waals surface area contributed by atoms with Crippen molar-refractivity contribution in [2.75, 3.05) is 23.7 Å². The van der Waals surface area contributed by atoms with Crippen LogP contribution in [0.5, 0.6) is 11.5 Å². The largest absolute Gasteiger partial charge is 0.457 e. The number of ether oxygens (including phenoxy) is 1. The number of carbonyl (C=O) groups excluding carboxylic acids is 2. The third-order valence-electron chi connectivity index (χ3n) is 6.32. The van der Waals surface area contributed by atoms with Gasteiger partial charge >= 0.3 is 6.03 Å². The van der Waals surface area contributed by atoms with Crippen molar-refractivity contribution in [3.63, 3.8) is 0 Å². The summed E-state index contributed by atoms with van der Waals surface area (Å²) in [5.41, 5.74) is 3.23. The molecule has 0 spiro atoms. The van der Waals surface area contributed by atoms with E-state index in [1.165, 1.54) is 12.1 Å². The van der Waals surface area contributed by atoms with E-state index in [0.717, 1.165) is 12.0 Å². The highest BCUT2D eigenvalue weighted by atomic mass is 19.1. The van der Waals surface area contributed by atoms with Crippen LogP contribution in [0.3, 0.4) is 0 Å². The molecule has 2 aromatic carbocycles. The number of benzene rings is 2. The lowest BCUT2D eigenvalue weighted by Crippen LogP contribution is -2.42. The summed E-state index contributed by atoms with van der Waals surface area (Å²) >= 11 is 0. The first-order valence-electron chi connectivity index (χ1n) is 12.6. The van der Waals surface area contributed by atoms with Gasteiger partial charge < -0.3 is 30.4 Å². The minimum absolute atomic E-state index is 0.00715. The van der Waals surface area contributed by atoms with Gasteiger partial charge in [-0.25, -0.2) is 9.18 Å². The Morgan fingerprint density at radius 2 is 1.95 bits per heavy atom. The van der Waals surface area contributed by atoms with Crippen molar-refractivity contribution in [1.29, 1.82) is 0 Å². The number of pyridine rings is 1. The number of aliphatic hydroxyl groups excluding tert-OH is 1. The Balaban J connectivity index is 1.23. The van der Waals surface area contributed by atoms with Gasteiger partial charge in [0.05, 0.1) is 28.7 Å². The first-order valence-corrected chi connectivity index (χ1v) is 12.6. The number of carbonyl (C=O) groups is 2. The summed E-state index contributed by atoms with van der Waals surface area (Å²) in [5.74, 6) is -0.156. The van der Waals surface area contributed by atoms with Crippen LogP contribution in [0.2, 0.25) is 0 Å². The van der Waals surface area contributed by atoms with Crippen LogP contribution in [0.4, 0.5) is 20.6 Å². The number of aromatic nitrogens is 2. The number of aromatic amines is 1. The monoisotopic (exact) mass is 529 g/mol. The number of piperidine rings is 1. The SMILES string of the molecule is Cc1cccc(NC(=O)Nc2ccc(Oc3ccnc(-c4cc(C(=O)N5CCCC(O)C5)c[nH]4)c3)cc2F)c1. The summed E-state index contributed by atoms with van der Waals surface area (Å²) in [6.07, 6.45) is 4.14. The Bertz CT molecular complexity index is 1500. The van der Waals surface area contributed by atoms with Crippen molar-refractivity contribution >= 4 is 23.3 Å². The average molecular weight is 530 g/mol. The number of halogens is 1. The second kappa shape index (κ2) is 11.4. The minimum atomic E-state index is -0.656. The molecule has 0 bridgehead atoms. The lowest BCUT2D eigenvalue weighted by Gasteiger charge is -2.29. The van der Waals surface area contributed by atoms with Crippen LogP contribution in [0, 0.1) is 12.7 Å². The number of β-amino-alcohol motifs (C(OH)–C–C–N with tert-alkyl or cyclic N) is 1. The van der Waals surface area contributed by atoms with Gasteiger partial charge in [-0.15, -0.1) is 0 Å². The van der Waals surface area contributed by atoms with Gasteiger partial charge in [0, 0.05) is 43.3 Å². The van der Waals surface area contributed by atoms with Gasteiger partial charge in [-0.3, -0.25) is 9.78 Å². The molecule has 200 valence electrons. The molecule has 0 aliphatic carbocycles. The Kier molecular flexibility index (Phi) is 7.55. The molecule has 1 fully saturated rings. The number of likely N-dealkylation sites (tertiary alicyclic amines) is 1. The van der Waals surface area contributed by atoms with Crippen LogP contribution < -0.4 is 15.4 Å². The minimum Gasteiger partial charge on any atom is -0.457 e. The van der Waals surface area contributed by atoms with Crippen LogP contribution in [0.15, 0.2) is 73.1 Å². The molecule has 3 amide bonds. The lowest BCUT2D eigenvalue weighted by molar-refractivity contribution is 0.0474. The van der Waals surface area contributed by atoms with Gasteiger partial charge in [-0.05, 0) is 61.7 Å². The van der Waals surface area contributed by atoms with Crippen molar-refractivity contribution in [3.05, 3.63) is 90.0 Å². The molecule has 0 saturated carbocycles. The van der Waals surface area contributed by atoms with E-state index >= 15 is 0 Å². The van der Waals surface area contributed by atoms with Crippen molar-refractivity contribution < 1.29 is 23.8 Å².